The number of pyridine rings is 1. The summed E-state index contributed by atoms with van der Waals surface area (Å²) in [5, 5.41) is 0.924. The molecule has 0 atom stereocenters. The molecule has 3 aromatic heterocycles. The Hall–Kier alpha value is -3.51. The Morgan fingerprint density at radius 3 is 2.43 bits per heavy atom. The van der Waals surface area contributed by atoms with Gasteiger partial charge in [0.15, 0.2) is 0 Å². The number of aromatic nitrogens is 3. The monoisotopic (exact) mass is 412 g/mol. The molecule has 5 aromatic rings. The van der Waals surface area contributed by atoms with Gasteiger partial charge < -0.3 is 4.90 Å². The first kappa shape index (κ1) is 18.5. The maximum absolute atomic E-state index is 13.3. The lowest BCUT2D eigenvalue weighted by Gasteiger charge is -2.15. The van der Waals surface area contributed by atoms with Gasteiger partial charge in [-0.2, -0.15) is 0 Å². The number of benzene rings is 2. The van der Waals surface area contributed by atoms with Crippen LogP contribution in [-0.4, -0.2) is 28.6 Å². The summed E-state index contributed by atoms with van der Waals surface area (Å²) < 4.78 is 2.22. The van der Waals surface area contributed by atoms with E-state index in [0.29, 0.717) is 10.2 Å². The molecule has 0 aliphatic rings. The maximum Gasteiger partial charge on any atom is 0.275 e. The molecular weight excluding hydrogens is 392 g/mol. The van der Waals surface area contributed by atoms with Crippen LogP contribution in [0.2, 0.25) is 0 Å². The van der Waals surface area contributed by atoms with E-state index in [1.807, 2.05) is 75.6 Å². The van der Waals surface area contributed by atoms with Gasteiger partial charge in [-0.1, -0.05) is 48.0 Å². The van der Waals surface area contributed by atoms with Crippen molar-refractivity contribution in [3.05, 3.63) is 82.9 Å². The Kier molecular flexibility index (Phi) is 4.37. The molecule has 0 aliphatic heterocycles. The highest BCUT2D eigenvalue weighted by molar-refractivity contribution is 7.25. The van der Waals surface area contributed by atoms with E-state index in [2.05, 4.69) is 16.0 Å². The molecule has 5 rings (SSSR count). The fraction of sp³-hybridized carbons (Fsp3) is 0.125. The van der Waals surface area contributed by atoms with Crippen molar-refractivity contribution in [2.75, 3.05) is 19.0 Å². The number of hydrogen-bond acceptors (Lipinski definition) is 5. The van der Waals surface area contributed by atoms with Gasteiger partial charge in [-0.05, 0) is 25.1 Å². The highest BCUT2D eigenvalue weighted by atomic mass is 32.1. The van der Waals surface area contributed by atoms with Gasteiger partial charge in [0.25, 0.3) is 5.56 Å². The lowest BCUT2D eigenvalue weighted by Crippen LogP contribution is -2.17. The van der Waals surface area contributed by atoms with Crippen LogP contribution >= 0.6 is 11.3 Å². The van der Waals surface area contributed by atoms with Gasteiger partial charge in [-0.25, -0.2) is 9.97 Å². The zero-order valence-electron chi connectivity index (χ0n) is 17.0. The molecule has 6 heteroatoms. The molecule has 0 unspecified atom stereocenters. The second-order valence-electron chi connectivity index (χ2n) is 7.50. The van der Waals surface area contributed by atoms with Gasteiger partial charge in [0.2, 0.25) is 0 Å². The van der Waals surface area contributed by atoms with Gasteiger partial charge in [-0.15, -0.1) is 11.3 Å². The van der Waals surface area contributed by atoms with Crippen LogP contribution in [0.25, 0.3) is 37.4 Å². The Balaban J connectivity index is 1.80. The Morgan fingerprint density at radius 1 is 1.00 bits per heavy atom. The summed E-state index contributed by atoms with van der Waals surface area (Å²) in [7, 11) is 4.00. The number of nitrogens with zero attached hydrogens (tertiary/aromatic N) is 4. The summed E-state index contributed by atoms with van der Waals surface area (Å²) >= 11 is 1.41. The first-order valence-electron chi connectivity index (χ1n) is 9.67. The van der Waals surface area contributed by atoms with Crippen LogP contribution in [0.1, 0.15) is 5.56 Å². The van der Waals surface area contributed by atoms with Crippen LogP contribution in [0, 0.1) is 6.92 Å². The van der Waals surface area contributed by atoms with Gasteiger partial charge in [0.1, 0.15) is 21.4 Å². The summed E-state index contributed by atoms with van der Waals surface area (Å²) in [5.74, 6) is 0. The molecule has 148 valence electrons. The molecule has 0 bridgehead atoms. The van der Waals surface area contributed by atoms with Gasteiger partial charge in [0.05, 0.1) is 22.5 Å². The largest absolute Gasteiger partial charge is 0.377 e. The number of anilines is 1. The zero-order valence-corrected chi connectivity index (χ0v) is 17.8. The van der Waals surface area contributed by atoms with E-state index < -0.39 is 0 Å². The van der Waals surface area contributed by atoms with Crippen molar-refractivity contribution in [3.8, 4) is 16.9 Å². The fourth-order valence-corrected chi connectivity index (χ4v) is 4.69. The summed E-state index contributed by atoms with van der Waals surface area (Å²) in [6.45, 7) is 2.03. The second-order valence-corrected chi connectivity index (χ2v) is 8.50. The van der Waals surface area contributed by atoms with Crippen molar-refractivity contribution >= 4 is 37.5 Å². The molecule has 0 amide bonds. The van der Waals surface area contributed by atoms with Gasteiger partial charge >= 0.3 is 0 Å². The molecule has 0 saturated carbocycles. The lowest BCUT2D eigenvalue weighted by atomic mass is 10.1. The number of fused-ring (bicyclic) bond motifs is 3. The average Bonchev–Trinajstić information content (AvgIpc) is 3.14. The van der Waals surface area contributed by atoms with E-state index in [1.54, 1.807) is 10.9 Å². The molecule has 0 aliphatic carbocycles. The van der Waals surface area contributed by atoms with Gasteiger partial charge in [0, 0.05) is 19.7 Å². The first-order chi connectivity index (χ1) is 14.5. The van der Waals surface area contributed by atoms with Crippen molar-refractivity contribution in [2.24, 2.45) is 0 Å². The summed E-state index contributed by atoms with van der Waals surface area (Å²) in [5.41, 5.74) is 5.53. The number of aryl methyl sites for hydroxylation is 1. The predicted octanol–water partition coefficient (Wildman–Crippen LogP) is 5.04. The number of rotatable bonds is 3. The van der Waals surface area contributed by atoms with Crippen LogP contribution in [0.3, 0.4) is 0 Å². The molecule has 0 radical (unpaired) electrons. The summed E-state index contributed by atoms with van der Waals surface area (Å²) in [6.07, 6.45) is 1.62. The molecule has 0 N–H and O–H groups in total. The Bertz CT molecular complexity index is 1430. The minimum atomic E-state index is -0.0715. The van der Waals surface area contributed by atoms with Crippen molar-refractivity contribution in [2.45, 2.75) is 6.92 Å². The molecule has 0 fully saturated rings. The SMILES string of the molecule is Cc1ccc(-n2cnc3c(sc4nc(-c5ccccc5)cc(N(C)C)c43)c2=O)cc1. The normalized spacial score (nSPS) is 11.3. The van der Waals surface area contributed by atoms with Crippen molar-refractivity contribution in [3.63, 3.8) is 0 Å². The van der Waals surface area contributed by atoms with E-state index in [4.69, 9.17) is 4.98 Å². The van der Waals surface area contributed by atoms with Crippen LogP contribution in [0.5, 0.6) is 0 Å². The average molecular weight is 413 g/mol. The highest BCUT2D eigenvalue weighted by Crippen LogP contribution is 2.38. The first-order valence-corrected chi connectivity index (χ1v) is 10.5. The molecule has 0 spiro atoms. The molecule has 2 aromatic carbocycles. The Labute approximate surface area is 177 Å². The van der Waals surface area contributed by atoms with Crippen molar-refractivity contribution < 1.29 is 0 Å². The Morgan fingerprint density at radius 2 is 1.73 bits per heavy atom. The van der Waals surface area contributed by atoms with Crippen molar-refractivity contribution in [1.29, 1.82) is 0 Å². The molecule has 5 nitrogen and oxygen atoms in total. The van der Waals surface area contributed by atoms with Crippen LogP contribution in [0.4, 0.5) is 5.69 Å². The molecule has 30 heavy (non-hydrogen) atoms. The second kappa shape index (κ2) is 7.07. The molecular formula is C24H20N4OS. The minimum absolute atomic E-state index is 0.0715. The number of thiophene rings is 1. The van der Waals surface area contributed by atoms with E-state index in [-0.39, 0.29) is 5.56 Å². The number of hydrogen-bond donors (Lipinski definition) is 0. The maximum atomic E-state index is 13.3. The standard InChI is InChI=1S/C24H20N4OS/c1-15-9-11-17(12-10-15)28-14-25-21-20-19(27(2)3)13-18(16-7-5-4-6-8-16)26-23(20)30-22(21)24(28)29/h4-14H,1-3H3. The predicted molar refractivity (Wildman–Crippen MR) is 125 cm³/mol. The van der Waals surface area contributed by atoms with E-state index in [0.717, 1.165) is 38.4 Å². The molecule has 3 heterocycles. The quantitative estimate of drug-likeness (QED) is 0.417. The van der Waals surface area contributed by atoms with Crippen LogP contribution < -0.4 is 10.5 Å². The third-order valence-corrected chi connectivity index (χ3v) is 6.26. The lowest BCUT2D eigenvalue weighted by molar-refractivity contribution is 0.966. The smallest absolute Gasteiger partial charge is 0.275 e. The third-order valence-electron chi connectivity index (χ3n) is 5.19. The highest BCUT2D eigenvalue weighted by Gasteiger charge is 2.19. The van der Waals surface area contributed by atoms with E-state index in [9.17, 15) is 4.79 Å². The third kappa shape index (κ3) is 2.97. The van der Waals surface area contributed by atoms with E-state index in [1.165, 1.54) is 11.3 Å². The van der Waals surface area contributed by atoms with E-state index >= 15 is 0 Å². The summed E-state index contributed by atoms with van der Waals surface area (Å²) in [4.78, 5) is 25.7. The fourth-order valence-electron chi connectivity index (χ4n) is 3.61. The van der Waals surface area contributed by atoms with Crippen LogP contribution in [-0.2, 0) is 0 Å². The zero-order chi connectivity index (χ0) is 20.8. The summed E-state index contributed by atoms with van der Waals surface area (Å²) in [6, 6.07) is 20.0. The van der Waals surface area contributed by atoms with Crippen LogP contribution in [0.15, 0.2) is 71.8 Å². The molecule has 0 saturated heterocycles. The minimum Gasteiger partial charge on any atom is -0.377 e. The van der Waals surface area contributed by atoms with Crippen molar-refractivity contribution in [1.82, 2.24) is 14.5 Å². The van der Waals surface area contributed by atoms with Gasteiger partial charge in [-0.3, -0.25) is 9.36 Å². The topological polar surface area (TPSA) is 51.0 Å².